The van der Waals surface area contributed by atoms with E-state index in [1.807, 2.05) is 42.0 Å². The van der Waals surface area contributed by atoms with Gasteiger partial charge in [-0.3, -0.25) is 0 Å². The number of sulfonamides is 1. The lowest BCUT2D eigenvalue weighted by Gasteiger charge is -2.09. The van der Waals surface area contributed by atoms with Gasteiger partial charge in [0, 0.05) is 6.54 Å². The molecule has 0 aliphatic heterocycles. The standard InChI is InChI=1S/C17H20N2O3S/c1-14-9-11-16(12-10-14)23(21,22)19-17(20)18-13-5-8-15-6-3-2-4-7-15/h2-4,6-7,9-12H,5,8,13H2,1H3,(H2,18,19,20). The summed E-state index contributed by atoms with van der Waals surface area (Å²) in [7, 11) is -3.83. The van der Waals surface area contributed by atoms with E-state index in [-0.39, 0.29) is 4.90 Å². The van der Waals surface area contributed by atoms with Crippen molar-refractivity contribution in [1.82, 2.24) is 10.0 Å². The molecule has 0 heterocycles. The summed E-state index contributed by atoms with van der Waals surface area (Å²) < 4.78 is 26.1. The van der Waals surface area contributed by atoms with Crippen LogP contribution < -0.4 is 10.0 Å². The summed E-state index contributed by atoms with van der Waals surface area (Å²) in [6.07, 6.45) is 1.56. The fourth-order valence-electron chi connectivity index (χ4n) is 2.07. The van der Waals surface area contributed by atoms with Gasteiger partial charge in [-0.25, -0.2) is 17.9 Å². The molecular formula is C17H20N2O3S. The Morgan fingerprint density at radius 1 is 1.00 bits per heavy atom. The van der Waals surface area contributed by atoms with Gasteiger partial charge in [-0.05, 0) is 37.5 Å². The summed E-state index contributed by atoms with van der Waals surface area (Å²) in [6.45, 7) is 2.27. The summed E-state index contributed by atoms with van der Waals surface area (Å²) in [4.78, 5) is 11.8. The van der Waals surface area contributed by atoms with Crippen LogP contribution in [-0.2, 0) is 16.4 Å². The van der Waals surface area contributed by atoms with Crippen molar-refractivity contribution in [2.75, 3.05) is 6.54 Å². The van der Waals surface area contributed by atoms with E-state index in [2.05, 4.69) is 5.32 Å². The molecule has 23 heavy (non-hydrogen) atoms. The molecule has 2 amide bonds. The Morgan fingerprint density at radius 2 is 1.65 bits per heavy atom. The number of rotatable bonds is 6. The van der Waals surface area contributed by atoms with Gasteiger partial charge in [0.05, 0.1) is 4.90 Å². The Balaban J connectivity index is 1.79. The van der Waals surface area contributed by atoms with E-state index in [4.69, 9.17) is 0 Å². The van der Waals surface area contributed by atoms with E-state index in [0.717, 1.165) is 18.4 Å². The molecule has 0 saturated carbocycles. The fraction of sp³-hybridized carbons (Fsp3) is 0.235. The molecule has 2 rings (SSSR count). The van der Waals surface area contributed by atoms with Gasteiger partial charge in [0.2, 0.25) is 0 Å². The molecule has 0 atom stereocenters. The third-order valence-corrected chi connectivity index (χ3v) is 4.68. The van der Waals surface area contributed by atoms with Crippen LogP contribution in [0, 0.1) is 6.92 Å². The van der Waals surface area contributed by atoms with Gasteiger partial charge in [-0.2, -0.15) is 0 Å². The third kappa shape index (κ3) is 5.41. The second-order valence-electron chi connectivity index (χ2n) is 5.26. The van der Waals surface area contributed by atoms with Gasteiger partial charge < -0.3 is 5.32 Å². The van der Waals surface area contributed by atoms with E-state index >= 15 is 0 Å². The summed E-state index contributed by atoms with van der Waals surface area (Å²) in [5, 5.41) is 2.56. The Morgan fingerprint density at radius 3 is 2.30 bits per heavy atom. The van der Waals surface area contributed by atoms with E-state index in [1.54, 1.807) is 12.1 Å². The maximum atomic E-state index is 12.0. The van der Waals surface area contributed by atoms with Gasteiger partial charge >= 0.3 is 6.03 Å². The third-order valence-electron chi connectivity index (χ3n) is 3.33. The summed E-state index contributed by atoms with van der Waals surface area (Å²) >= 11 is 0. The molecule has 0 aliphatic rings. The second-order valence-corrected chi connectivity index (χ2v) is 6.95. The quantitative estimate of drug-likeness (QED) is 0.799. The van der Waals surface area contributed by atoms with Crippen molar-refractivity contribution in [3.8, 4) is 0 Å². The van der Waals surface area contributed by atoms with Crippen molar-refractivity contribution < 1.29 is 13.2 Å². The molecule has 6 heteroatoms. The van der Waals surface area contributed by atoms with Crippen LogP contribution in [-0.4, -0.2) is 21.0 Å². The largest absolute Gasteiger partial charge is 0.337 e. The average Bonchev–Trinajstić information content (AvgIpc) is 2.52. The highest BCUT2D eigenvalue weighted by Gasteiger charge is 2.16. The highest BCUT2D eigenvalue weighted by atomic mass is 32.2. The number of carbonyl (C=O) groups is 1. The van der Waals surface area contributed by atoms with Crippen LogP contribution in [0.3, 0.4) is 0 Å². The van der Waals surface area contributed by atoms with Crippen LogP contribution in [0.5, 0.6) is 0 Å². The van der Waals surface area contributed by atoms with Crippen LogP contribution in [0.15, 0.2) is 59.5 Å². The van der Waals surface area contributed by atoms with Gasteiger partial charge in [0.1, 0.15) is 0 Å². The maximum absolute atomic E-state index is 12.0. The molecule has 0 bridgehead atoms. The molecule has 2 aromatic carbocycles. The summed E-state index contributed by atoms with van der Waals surface area (Å²) in [5.41, 5.74) is 2.14. The van der Waals surface area contributed by atoms with Crippen LogP contribution in [0.2, 0.25) is 0 Å². The fourth-order valence-corrected chi connectivity index (χ4v) is 3.00. The zero-order chi connectivity index (χ0) is 16.7. The molecule has 2 N–H and O–H groups in total. The minimum absolute atomic E-state index is 0.0718. The zero-order valence-electron chi connectivity index (χ0n) is 13.0. The number of hydrogen-bond acceptors (Lipinski definition) is 3. The first-order valence-corrected chi connectivity index (χ1v) is 8.87. The molecule has 0 unspecified atom stereocenters. The molecule has 5 nitrogen and oxygen atoms in total. The number of urea groups is 1. The molecule has 0 fully saturated rings. The molecule has 2 aromatic rings. The Bertz CT molecular complexity index is 741. The predicted octanol–water partition coefficient (Wildman–Crippen LogP) is 2.62. The Labute approximate surface area is 136 Å². The smallest absolute Gasteiger partial charge is 0.328 e. The number of aryl methyl sites for hydroxylation is 2. The molecule has 0 spiro atoms. The molecule has 0 aliphatic carbocycles. The number of carbonyl (C=O) groups excluding carboxylic acids is 1. The SMILES string of the molecule is Cc1ccc(S(=O)(=O)NC(=O)NCCCc2ccccc2)cc1. The van der Waals surface area contributed by atoms with Crippen molar-refractivity contribution in [2.45, 2.75) is 24.7 Å². The first-order valence-electron chi connectivity index (χ1n) is 7.38. The minimum Gasteiger partial charge on any atom is -0.337 e. The topological polar surface area (TPSA) is 75.3 Å². The maximum Gasteiger partial charge on any atom is 0.328 e. The Hall–Kier alpha value is -2.34. The summed E-state index contributed by atoms with van der Waals surface area (Å²) in [5.74, 6) is 0. The normalized spacial score (nSPS) is 11.0. The number of amides is 2. The minimum atomic E-state index is -3.83. The zero-order valence-corrected chi connectivity index (χ0v) is 13.8. The lowest BCUT2D eigenvalue weighted by atomic mass is 10.1. The van der Waals surface area contributed by atoms with Crippen molar-refractivity contribution >= 4 is 16.1 Å². The number of benzene rings is 2. The Kier molecular flexibility index (Phi) is 5.76. The van der Waals surface area contributed by atoms with Gasteiger partial charge in [-0.1, -0.05) is 48.0 Å². The molecule has 122 valence electrons. The number of hydrogen-bond donors (Lipinski definition) is 2. The summed E-state index contributed by atoms with van der Waals surface area (Å²) in [6, 6.07) is 15.5. The first-order chi connectivity index (χ1) is 11.0. The van der Waals surface area contributed by atoms with Crippen molar-refractivity contribution in [3.05, 3.63) is 65.7 Å². The molecule has 0 aromatic heterocycles. The monoisotopic (exact) mass is 332 g/mol. The lowest BCUT2D eigenvalue weighted by Crippen LogP contribution is -2.39. The van der Waals surface area contributed by atoms with Gasteiger partial charge in [-0.15, -0.1) is 0 Å². The van der Waals surface area contributed by atoms with E-state index < -0.39 is 16.1 Å². The average molecular weight is 332 g/mol. The van der Waals surface area contributed by atoms with Gasteiger partial charge in [0.15, 0.2) is 0 Å². The lowest BCUT2D eigenvalue weighted by molar-refractivity contribution is 0.245. The van der Waals surface area contributed by atoms with Crippen LogP contribution in [0.4, 0.5) is 4.79 Å². The van der Waals surface area contributed by atoms with Crippen molar-refractivity contribution in [2.24, 2.45) is 0 Å². The van der Waals surface area contributed by atoms with Gasteiger partial charge in [0.25, 0.3) is 10.0 Å². The second kappa shape index (κ2) is 7.78. The van der Waals surface area contributed by atoms with E-state index in [1.165, 1.54) is 17.7 Å². The highest BCUT2D eigenvalue weighted by molar-refractivity contribution is 7.90. The van der Waals surface area contributed by atoms with Crippen molar-refractivity contribution in [3.63, 3.8) is 0 Å². The van der Waals surface area contributed by atoms with E-state index in [0.29, 0.717) is 6.54 Å². The van der Waals surface area contributed by atoms with E-state index in [9.17, 15) is 13.2 Å². The van der Waals surface area contributed by atoms with Crippen LogP contribution in [0.25, 0.3) is 0 Å². The highest BCUT2D eigenvalue weighted by Crippen LogP contribution is 2.09. The molecular weight excluding hydrogens is 312 g/mol. The van der Waals surface area contributed by atoms with Crippen LogP contribution >= 0.6 is 0 Å². The predicted molar refractivity (Wildman–Crippen MR) is 89.7 cm³/mol. The molecule has 0 saturated heterocycles. The van der Waals surface area contributed by atoms with Crippen molar-refractivity contribution in [1.29, 1.82) is 0 Å². The van der Waals surface area contributed by atoms with Crippen LogP contribution in [0.1, 0.15) is 17.5 Å². The first kappa shape index (κ1) is 17.0. The number of nitrogens with one attached hydrogen (secondary N) is 2. The molecule has 0 radical (unpaired) electrons.